The monoisotopic (exact) mass is 374 g/mol. The summed E-state index contributed by atoms with van der Waals surface area (Å²) < 4.78 is 5.04. The number of hydrogen-bond acceptors (Lipinski definition) is 6. The summed E-state index contributed by atoms with van der Waals surface area (Å²) in [5.74, 6) is 0.344. The minimum atomic E-state index is -0.110. The third kappa shape index (κ3) is 4.44. The molecule has 1 aliphatic heterocycles. The number of nitrogens with zero attached hydrogens (tertiary/aromatic N) is 3. The van der Waals surface area contributed by atoms with E-state index >= 15 is 0 Å². The molecule has 0 saturated carbocycles. The van der Waals surface area contributed by atoms with Crippen LogP contribution in [0.5, 0.6) is 0 Å². The molecule has 0 radical (unpaired) electrons. The maximum Gasteiger partial charge on any atom is 0.273 e. The first kappa shape index (κ1) is 18.5. The molecule has 8 heteroatoms. The largest absolute Gasteiger partial charge is 0.378 e. The number of methoxy groups -OCH3 is 1. The van der Waals surface area contributed by atoms with Crippen LogP contribution in [0.1, 0.15) is 33.9 Å². The summed E-state index contributed by atoms with van der Waals surface area (Å²) >= 11 is 1.42. The predicted molar refractivity (Wildman–Crippen MR) is 99.1 cm³/mol. The van der Waals surface area contributed by atoms with Crippen LogP contribution in [-0.2, 0) is 16.1 Å². The molecule has 0 bridgehead atoms. The van der Waals surface area contributed by atoms with Crippen molar-refractivity contribution in [2.24, 2.45) is 5.92 Å². The normalized spacial score (nSPS) is 15.1. The van der Waals surface area contributed by atoms with E-state index in [1.807, 2.05) is 19.1 Å². The zero-order chi connectivity index (χ0) is 18.5. The lowest BCUT2D eigenvalue weighted by Crippen LogP contribution is -2.41. The molecule has 1 saturated heterocycles. The minimum Gasteiger partial charge on any atom is -0.378 e. The SMILES string of the molecule is COCc1nc(C(=O)N2CCC(C(=O)Nc3cc(C)ccn3)CC2)cs1. The highest BCUT2D eigenvalue weighted by Crippen LogP contribution is 2.21. The predicted octanol–water partition coefficient (Wildman–Crippen LogP) is 2.48. The van der Waals surface area contributed by atoms with Gasteiger partial charge in [-0.2, -0.15) is 0 Å². The van der Waals surface area contributed by atoms with Crippen molar-refractivity contribution in [1.29, 1.82) is 0 Å². The summed E-state index contributed by atoms with van der Waals surface area (Å²) in [5, 5.41) is 5.42. The maximum atomic E-state index is 12.5. The number of likely N-dealkylation sites (tertiary alicyclic amines) is 1. The Bertz CT molecular complexity index is 784. The number of nitrogens with one attached hydrogen (secondary N) is 1. The van der Waals surface area contributed by atoms with Crippen molar-refractivity contribution in [1.82, 2.24) is 14.9 Å². The fourth-order valence-corrected chi connectivity index (χ4v) is 3.68. The maximum absolute atomic E-state index is 12.5. The second-order valence-electron chi connectivity index (χ2n) is 6.33. The molecule has 26 heavy (non-hydrogen) atoms. The summed E-state index contributed by atoms with van der Waals surface area (Å²) in [5.41, 5.74) is 1.50. The quantitative estimate of drug-likeness (QED) is 0.869. The van der Waals surface area contributed by atoms with Gasteiger partial charge >= 0.3 is 0 Å². The third-order valence-corrected chi connectivity index (χ3v) is 5.18. The molecule has 3 rings (SSSR count). The molecule has 1 N–H and O–H groups in total. The average molecular weight is 374 g/mol. The van der Waals surface area contributed by atoms with Crippen molar-refractivity contribution < 1.29 is 14.3 Å². The van der Waals surface area contributed by atoms with E-state index in [0.29, 0.717) is 44.0 Å². The van der Waals surface area contributed by atoms with Crippen LogP contribution >= 0.6 is 11.3 Å². The summed E-state index contributed by atoms with van der Waals surface area (Å²) in [4.78, 5) is 35.2. The highest BCUT2D eigenvalue weighted by atomic mass is 32.1. The van der Waals surface area contributed by atoms with Gasteiger partial charge in [0, 0.05) is 37.7 Å². The first-order valence-corrected chi connectivity index (χ1v) is 9.41. The van der Waals surface area contributed by atoms with Gasteiger partial charge < -0.3 is 15.0 Å². The van der Waals surface area contributed by atoms with Gasteiger partial charge in [0.15, 0.2) is 0 Å². The third-order valence-electron chi connectivity index (χ3n) is 4.36. The van der Waals surface area contributed by atoms with Gasteiger partial charge in [0.1, 0.15) is 16.5 Å². The van der Waals surface area contributed by atoms with Crippen molar-refractivity contribution in [2.75, 3.05) is 25.5 Å². The van der Waals surface area contributed by atoms with E-state index in [9.17, 15) is 9.59 Å². The summed E-state index contributed by atoms with van der Waals surface area (Å²) in [7, 11) is 1.60. The Hall–Kier alpha value is -2.32. The average Bonchev–Trinajstić information content (AvgIpc) is 3.10. The number of carbonyl (C=O) groups is 2. The van der Waals surface area contributed by atoms with Crippen LogP contribution in [0.4, 0.5) is 5.82 Å². The Morgan fingerprint density at radius 3 is 2.85 bits per heavy atom. The molecule has 7 nitrogen and oxygen atoms in total. The number of piperidine rings is 1. The van der Waals surface area contributed by atoms with Crippen LogP contribution in [0.3, 0.4) is 0 Å². The molecular weight excluding hydrogens is 352 g/mol. The molecule has 0 spiro atoms. The summed E-state index contributed by atoms with van der Waals surface area (Å²) in [6.45, 7) is 3.47. The van der Waals surface area contributed by atoms with Gasteiger partial charge in [0.2, 0.25) is 5.91 Å². The zero-order valence-electron chi connectivity index (χ0n) is 14.9. The van der Waals surface area contributed by atoms with Crippen molar-refractivity contribution >= 4 is 29.0 Å². The molecule has 1 aliphatic rings. The van der Waals surface area contributed by atoms with Gasteiger partial charge in [-0.25, -0.2) is 9.97 Å². The number of ether oxygens (including phenoxy) is 1. The van der Waals surface area contributed by atoms with Crippen molar-refractivity contribution in [2.45, 2.75) is 26.4 Å². The number of thiazole rings is 1. The number of aryl methyl sites for hydroxylation is 1. The first-order valence-electron chi connectivity index (χ1n) is 8.53. The minimum absolute atomic E-state index is 0.0359. The van der Waals surface area contributed by atoms with Crippen LogP contribution in [0, 0.1) is 12.8 Å². The lowest BCUT2D eigenvalue weighted by molar-refractivity contribution is -0.121. The van der Waals surface area contributed by atoms with Gasteiger partial charge in [-0.15, -0.1) is 11.3 Å². The molecule has 3 heterocycles. The number of rotatable bonds is 5. The lowest BCUT2D eigenvalue weighted by atomic mass is 9.95. The molecule has 138 valence electrons. The van der Waals surface area contributed by atoms with Gasteiger partial charge in [-0.05, 0) is 37.5 Å². The fourth-order valence-electron chi connectivity index (χ4n) is 2.94. The molecule has 0 atom stereocenters. The number of pyridine rings is 1. The van der Waals surface area contributed by atoms with Gasteiger partial charge in [-0.1, -0.05) is 0 Å². The molecule has 2 amide bonds. The van der Waals surface area contributed by atoms with Gasteiger partial charge in [0.05, 0.1) is 6.61 Å². The van der Waals surface area contributed by atoms with E-state index in [2.05, 4.69) is 15.3 Å². The fraction of sp³-hybridized carbons (Fsp3) is 0.444. The Kier molecular flexibility index (Phi) is 5.95. The summed E-state index contributed by atoms with van der Waals surface area (Å²) in [6.07, 6.45) is 2.95. The molecule has 1 fully saturated rings. The number of anilines is 1. The number of carbonyl (C=O) groups excluding carboxylic acids is 2. The molecule has 2 aromatic rings. The van der Waals surface area contributed by atoms with Crippen molar-refractivity contribution in [3.63, 3.8) is 0 Å². The number of amides is 2. The smallest absolute Gasteiger partial charge is 0.273 e. The zero-order valence-corrected chi connectivity index (χ0v) is 15.7. The Morgan fingerprint density at radius 2 is 2.15 bits per heavy atom. The van der Waals surface area contributed by atoms with E-state index in [4.69, 9.17) is 4.74 Å². The Labute approximate surface area is 156 Å². The van der Waals surface area contributed by atoms with Gasteiger partial charge in [0.25, 0.3) is 5.91 Å². The van der Waals surface area contributed by atoms with E-state index in [1.165, 1.54) is 11.3 Å². The molecular formula is C18H22N4O3S. The number of aromatic nitrogens is 2. The molecule has 0 aliphatic carbocycles. The Morgan fingerprint density at radius 1 is 1.38 bits per heavy atom. The highest BCUT2D eigenvalue weighted by Gasteiger charge is 2.29. The topological polar surface area (TPSA) is 84.4 Å². The lowest BCUT2D eigenvalue weighted by Gasteiger charge is -2.30. The van der Waals surface area contributed by atoms with Crippen LogP contribution in [-0.4, -0.2) is 46.9 Å². The summed E-state index contributed by atoms with van der Waals surface area (Å²) in [6, 6.07) is 3.73. The van der Waals surface area contributed by atoms with E-state index in [1.54, 1.807) is 23.6 Å². The molecule has 0 unspecified atom stereocenters. The second kappa shape index (κ2) is 8.37. The Balaban J connectivity index is 1.53. The van der Waals surface area contributed by atoms with E-state index in [0.717, 1.165) is 10.6 Å². The second-order valence-corrected chi connectivity index (χ2v) is 7.28. The number of hydrogen-bond donors (Lipinski definition) is 1. The van der Waals surface area contributed by atoms with Crippen LogP contribution in [0.15, 0.2) is 23.7 Å². The molecule has 0 aromatic carbocycles. The van der Waals surface area contributed by atoms with E-state index < -0.39 is 0 Å². The van der Waals surface area contributed by atoms with Crippen LogP contribution < -0.4 is 5.32 Å². The van der Waals surface area contributed by atoms with Gasteiger partial charge in [-0.3, -0.25) is 9.59 Å². The standard InChI is InChI=1S/C18H22N4O3S/c1-12-3-6-19-15(9-12)21-17(23)13-4-7-22(8-5-13)18(24)14-11-26-16(20-14)10-25-2/h3,6,9,11,13H,4-5,7-8,10H2,1-2H3,(H,19,21,23). The van der Waals surface area contributed by atoms with Crippen LogP contribution in [0.2, 0.25) is 0 Å². The first-order chi connectivity index (χ1) is 12.6. The molecule has 2 aromatic heterocycles. The van der Waals surface area contributed by atoms with E-state index in [-0.39, 0.29) is 17.7 Å². The van der Waals surface area contributed by atoms with Crippen LogP contribution in [0.25, 0.3) is 0 Å². The van der Waals surface area contributed by atoms with Crippen molar-refractivity contribution in [3.05, 3.63) is 40.0 Å². The highest BCUT2D eigenvalue weighted by molar-refractivity contribution is 7.09. The van der Waals surface area contributed by atoms with Crippen molar-refractivity contribution in [3.8, 4) is 0 Å².